The highest BCUT2D eigenvalue weighted by atomic mass is 35.5. The fourth-order valence-corrected chi connectivity index (χ4v) is 2.73. The van der Waals surface area contributed by atoms with Crippen LogP contribution in [0.3, 0.4) is 0 Å². The SMILES string of the molecule is CC(C)(C)OC(=O)N1CCC=C(c2cc(Cl)c(C=N)c(N)c2F)C1. The van der Waals surface area contributed by atoms with E-state index in [0.717, 1.165) is 6.21 Å². The van der Waals surface area contributed by atoms with Crippen LogP contribution in [0.15, 0.2) is 12.1 Å². The van der Waals surface area contributed by atoms with Crippen molar-refractivity contribution in [1.82, 2.24) is 4.90 Å². The van der Waals surface area contributed by atoms with E-state index in [0.29, 0.717) is 18.5 Å². The Bertz CT molecular complexity index is 711. The second-order valence-electron chi connectivity index (χ2n) is 6.61. The van der Waals surface area contributed by atoms with Crippen molar-refractivity contribution in [2.45, 2.75) is 32.8 Å². The van der Waals surface area contributed by atoms with Crippen molar-refractivity contribution in [3.8, 4) is 0 Å². The van der Waals surface area contributed by atoms with Crippen LogP contribution in [0.5, 0.6) is 0 Å². The number of ether oxygens (including phenoxy) is 1. The van der Waals surface area contributed by atoms with Gasteiger partial charge >= 0.3 is 6.09 Å². The summed E-state index contributed by atoms with van der Waals surface area (Å²) in [7, 11) is 0. The molecule has 7 heteroatoms. The highest BCUT2D eigenvalue weighted by molar-refractivity contribution is 6.33. The molecule has 24 heavy (non-hydrogen) atoms. The summed E-state index contributed by atoms with van der Waals surface area (Å²) in [5.41, 5.74) is 6.00. The average Bonchev–Trinajstić information content (AvgIpc) is 2.50. The Balaban J connectivity index is 2.29. The Labute approximate surface area is 145 Å². The van der Waals surface area contributed by atoms with Gasteiger partial charge in [0.25, 0.3) is 0 Å². The average molecular weight is 354 g/mol. The van der Waals surface area contributed by atoms with Crippen LogP contribution in [0, 0.1) is 11.2 Å². The molecule has 130 valence electrons. The smallest absolute Gasteiger partial charge is 0.410 e. The number of hydrogen-bond donors (Lipinski definition) is 2. The van der Waals surface area contributed by atoms with Crippen LogP contribution < -0.4 is 5.73 Å². The number of rotatable bonds is 2. The monoisotopic (exact) mass is 353 g/mol. The van der Waals surface area contributed by atoms with E-state index in [1.165, 1.54) is 11.0 Å². The van der Waals surface area contributed by atoms with Crippen LogP contribution in [-0.4, -0.2) is 35.9 Å². The van der Waals surface area contributed by atoms with Gasteiger partial charge in [0.15, 0.2) is 5.82 Å². The van der Waals surface area contributed by atoms with Gasteiger partial charge in [0.05, 0.1) is 10.7 Å². The number of amides is 1. The Kier molecular flexibility index (Phi) is 5.18. The predicted octanol–water partition coefficient (Wildman–Crippen LogP) is 4.08. The molecule has 0 unspecified atom stereocenters. The van der Waals surface area contributed by atoms with Gasteiger partial charge in [0.2, 0.25) is 0 Å². The lowest BCUT2D eigenvalue weighted by Crippen LogP contribution is -2.39. The van der Waals surface area contributed by atoms with Gasteiger partial charge < -0.3 is 20.8 Å². The first-order valence-corrected chi connectivity index (χ1v) is 7.97. The third-order valence-electron chi connectivity index (χ3n) is 3.58. The van der Waals surface area contributed by atoms with Crippen molar-refractivity contribution in [1.29, 1.82) is 5.41 Å². The molecule has 5 nitrogen and oxygen atoms in total. The summed E-state index contributed by atoms with van der Waals surface area (Å²) in [4.78, 5) is 13.7. The number of carbonyl (C=O) groups is 1. The van der Waals surface area contributed by atoms with Crippen LogP contribution in [0.2, 0.25) is 5.02 Å². The van der Waals surface area contributed by atoms with Crippen molar-refractivity contribution in [3.63, 3.8) is 0 Å². The maximum Gasteiger partial charge on any atom is 0.410 e. The molecule has 0 saturated carbocycles. The van der Waals surface area contributed by atoms with E-state index < -0.39 is 17.5 Å². The van der Waals surface area contributed by atoms with Gasteiger partial charge in [-0.05, 0) is 38.8 Å². The van der Waals surface area contributed by atoms with Crippen LogP contribution in [0.1, 0.15) is 38.3 Å². The number of carbonyl (C=O) groups excluding carboxylic acids is 1. The molecule has 1 aromatic carbocycles. The summed E-state index contributed by atoms with van der Waals surface area (Å²) in [5, 5.41) is 7.47. The zero-order valence-corrected chi connectivity index (χ0v) is 14.7. The molecular weight excluding hydrogens is 333 g/mol. The third-order valence-corrected chi connectivity index (χ3v) is 3.90. The molecule has 0 spiro atoms. The number of nitrogens with zero attached hydrogens (tertiary/aromatic N) is 1. The van der Waals surface area contributed by atoms with Crippen LogP contribution in [0.25, 0.3) is 5.57 Å². The van der Waals surface area contributed by atoms with Crippen LogP contribution in [0.4, 0.5) is 14.9 Å². The Morgan fingerprint density at radius 3 is 2.75 bits per heavy atom. The fourth-order valence-electron chi connectivity index (χ4n) is 2.46. The van der Waals surface area contributed by atoms with E-state index in [1.54, 1.807) is 20.8 Å². The molecule has 0 radical (unpaired) electrons. The van der Waals surface area contributed by atoms with Crippen molar-refractivity contribution in [2.24, 2.45) is 0 Å². The van der Waals surface area contributed by atoms with Gasteiger partial charge in [-0.1, -0.05) is 17.7 Å². The molecule has 2 rings (SSSR count). The summed E-state index contributed by atoms with van der Waals surface area (Å²) in [5.74, 6) is -0.629. The summed E-state index contributed by atoms with van der Waals surface area (Å²) < 4.78 is 19.9. The van der Waals surface area contributed by atoms with Crippen molar-refractivity contribution < 1.29 is 13.9 Å². The second kappa shape index (κ2) is 6.81. The number of nitrogen functional groups attached to an aromatic ring is 1. The molecule has 1 aromatic rings. The minimum Gasteiger partial charge on any atom is -0.444 e. The largest absolute Gasteiger partial charge is 0.444 e. The molecule has 0 fully saturated rings. The standard InChI is InChI=1S/C17H21ClFN3O2/c1-17(2,3)24-16(23)22-6-4-5-10(9-22)11-7-13(18)12(8-20)15(21)14(11)19/h5,7-8,20H,4,6,9,21H2,1-3H3. The van der Waals surface area contributed by atoms with Gasteiger partial charge in [0, 0.05) is 30.4 Å². The first kappa shape index (κ1) is 18.3. The van der Waals surface area contributed by atoms with Gasteiger partial charge in [-0.2, -0.15) is 0 Å². The number of nitrogens with one attached hydrogen (secondary N) is 1. The molecule has 0 saturated heterocycles. The number of hydrogen-bond acceptors (Lipinski definition) is 4. The first-order chi connectivity index (χ1) is 11.1. The topological polar surface area (TPSA) is 79.4 Å². The molecule has 0 bridgehead atoms. The molecule has 1 heterocycles. The van der Waals surface area contributed by atoms with E-state index in [-0.39, 0.29) is 28.4 Å². The Morgan fingerprint density at radius 2 is 2.17 bits per heavy atom. The fraction of sp³-hybridized carbons (Fsp3) is 0.412. The minimum absolute atomic E-state index is 0.151. The van der Waals surface area contributed by atoms with E-state index in [4.69, 9.17) is 27.5 Å². The normalized spacial score (nSPS) is 15.0. The lowest BCUT2D eigenvalue weighted by Gasteiger charge is -2.30. The van der Waals surface area contributed by atoms with Crippen LogP contribution in [-0.2, 0) is 4.74 Å². The number of benzene rings is 1. The summed E-state index contributed by atoms with van der Waals surface area (Å²) in [6, 6.07) is 1.44. The molecule has 1 aliphatic heterocycles. The van der Waals surface area contributed by atoms with Gasteiger partial charge in [-0.25, -0.2) is 9.18 Å². The molecular formula is C17H21ClFN3O2. The quantitative estimate of drug-likeness (QED) is 0.621. The van der Waals surface area contributed by atoms with E-state index in [1.807, 2.05) is 6.08 Å². The second-order valence-corrected chi connectivity index (χ2v) is 7.02. The van der Waals surface area contributed by atoms with E-state index in [2.05, 4.69) is 0 Å². The zero-order valence-electron chi connectivity index (χ0n) is 14.0. The van der Waals surface area contributed by atoms with Gasteiger partial charge in [-0.3, -0.25) is 0 Å². The lowest BCUT2D eigenvalue weighted by molar-refractivity contribution is 0.0273. The molecule has 0 atom stereocenters. The van der Waals surface area contributed by atoms with Crippen LogP contribution >= 0.6 is 11.6 Å². The predicted molar refractivity (Wildman–Crippen MR) is 94.1 cm³/mol. The molecule has 3 N–H and O–H groups in total. The van der Waals surface area contributed by atoms with E-state index in [9.17, 15) is 9.18 Å². The van der Waals surface area contributed by atoms with Crippen molar-refractivity contribution >= 4 is 35.2 Å². The first-order valence-electron chi connectivity index (χ1n) is 7.59. The van der Waals surface area contributed by atoms with E-state index >= 15 is 0 Å². The van der Waals surface area contributed by atoms with Gasteiger partial charge in [0.1, 0.15) is 5.60 Å². The molecule has 0 aliphatic carbocycles. The van der Waals surface area contributed by atoms with Crippen molar-refractivity contribution in [2.75, 3.05) is 18.8 Å². The summed E-state index contributed by atoms with van der Waals surface area (Å²) in [6.07, 6.45) is 2.92. The number of halogens is 2. The molecule has 1 amide bonds. The Morgan fingerprint density at radius 1 is 1.50 bits per heavy atom. The van der Waals surface area contributed by atoms with Gasteiger partial charge in [-0.15, -0.1) is 0 Å². The molecule has 1 aliphatic rings. The molecule has 0 aromatic heterocycles. The number of nitrogens with two attached hydrogens (primary N) is 1. The highest BCUT2D eigenvalue weighted by Crippen LogP contribution is 2.32. The highest BCUT2D eigenvalue weighted by Gasteiger charge is 2.26. The zero-order chi connectivity index (χ0) is 18.1. The third kappa shape index (κ3) is 3.87. The maximum absolute atomic E-state index is 14.6. The summed E-state index contributed by atoms with van der Waals surface area (Å²) in [6.45, 7) is 6.10. The minimum atomic E-state index is -0.629. The Hall–Kier alpha value is -2.08. The maximum atomic E-state index is 14.6. The number of anilines is 1. The lowest BCUT2D eigenvalue weighted by atomic mass is 9.98. The summed E-state index contributed by atoms with van der Waals surface area (Å²) >= 11 is 6.08. The van der Waals surface area contributed by atoms with Crippen molar-refractivity contribution in [3.05, 3.63) is 34.1 Å².